The van der Waals surface area contributed by atoms with Crippen LogP contribution in [0.1, 0.15) is 18.2 Å². The predicted octanol–water partition coefficient (Wildman–Crippen LogP) is 1.67. The zero-order valence-electron chi connectivity index (χ0n) is 7.37. The molecular weight excluding hydrogens is 168 g/mol. The molecule has 0 radical (unpaired) electrons. The molecule has 0 N–H and O–H groups in total. The molecule has 0 spiro atoms. The predicted molar refractivity (Wildman–Crippen MR) is 48.2 cm³/mol. The fourth-order valence-corrected chi connectivity index (χ4v) is 0.908. The molecule has 0 aliphatic heterocycles. The molecule has 4 heteroatoms. The van der Waals surface area contributed by atoms with Gasteiger partial charge in [-0.3, -0.25) is 10.1 Å². The number of rotatable bonds is 1. The van der Waals surface area contributed by atoms with E-state index in [-0.39, 0.29) is 11.4 Å². The Hall–Kier alpha value is -1.89. The van der Waals surface area contributed by atoms with Crippen molar-refractivity contribution in [3.63, 3.8) is 0 Å². The smallest absolute Gasteiger partial charge is 0.258 e. The van der Waals surface area contributed by atoms with Gasteiger partial charge in [-0.25, -0.2) is 4.98 Å². The Bertz CT molecular complexity index is 402. The lowest BCUT2D eigenvalue weighted by atomic mass is 10.2. The summed E-state index contributed by atoms with van der Waals surface area (Å²) in [6.45, 7) is 3.37. The molecule has 0 atom stereocenters. The van der Waals surface area contributed by atoms with Crippen LogP contribution in [0.4, 0.5) is 5.69 Å². The summed E-state index contributed by atoms with van der Waals surface area (Å²) in [7, 11) is 0. The maximum atomic E-state index is 10.5. The van der Waals surface area contributed by atoms with Gasteiger partial charge in [0.15, 0.2) is 5.69 Å². The van der Waals surface area contributed by atoms with Gasteiger partial charge in [-0.2, -0.15) is 0 Å². The molecule has 1 rings (SSSR count). The average Bonchev–Trinajstić information content (AvgIpc) is 2.08. The Morgan fingerprint density at radius 1 is 1.62 bits per heavy atom. The summed E-state index contributed by atoms with van der Waals surface area (Å²) >= 11 is 0. The zero-order valence-corrected chi connectivity index (χ0v) is 7.37. The lowest BCUT2D eigenvalue weighted by Gasteiger charge is -1.95. The summed E-state index contributed by atoms with van der Waals surface area (Å²) in [4.78, 5) is 13.9. The summed E-state index contributed by atoms with van der Waals surface area (Å²) in [5.74, 6) is 5.16. The molecule has 1 aromatic rings. The number of aryl methyl sites for hydroxylation is 1. The van der Waals surface area contributed by atoms with E-state index in [2.05, 4.69) is 16.8 Å². The van der Waals surface area contributed by atoms with Gasteiger partial charge in [-0.1, -0.05) is 5.92 Å². The standard InChI is InChI=1S/C9H8N2O2/c1-3-4-8-9(11(12)13)5-7(2)6-10-8/h5-6H,1-2H3. The number of hydrogen-bond donors (Lipinski definition) is 0. The van der Waals surface area contributed by atoms with Gasteiger partial charge < -0.3 is 0 Å². The summed E-state index contributed by atoms with van der Waals surface area (Å²) in [5.41, 5.74) is 0.945. The molecule has 0 aliphatic carbocycles. The first-order valence-corrected chi connectivity index (χ1v) is 3.69. The van der Waals surface area contributed by atoms with E-state index in [0.717, 1.165) is 5.56 Å². The second kappa shape index (κ2) is 3.68. The minimum absolute atomic E-state index is 0.0330. The summed E-state index contributed by atoms with van der Waals surface area (Å²) < 4.78 is 0. The Labute approximate surface area is 75.8 Å². The first kappa shape index (κ1) is 9.20. The fourth-order valence-electron chi connectivity index (χ4n) is 0.908. The van der Waals surface area contributed by atoms with Crippen LogP contribution >= 0.6 is 0 Å². The van der Waals surface area contributed by atoms with Crippen LogP contribution in [-0.2, 0) is 0 Å². The van der Waals surface area contributed by atoms with Crippen LogP contribution in [0, 0.1) is 28.9 Å². The third-order valence-electron chi connectivity index (χ3n) is 1.44. The highest BCUT2D eigenvalue weighted by molar-refractivity contribution is 5.47. The Balaban J connectivity index is 3.32. The van der Waals surface area contributed by atoms with Gasteiger partial charge in [0, 0.05) is 12.3 Å². The van der Waals surface area contributed by atoms with Gasteiger partial charge in [0.25, 0.3) is 0 Å². The summed E-state index contributed by atoms with van der Waals surface area (Å²) in [5, 5.41) is 10.5. The number of hydrogen-bond acceptors (Lipinski definition) is 3. The van der Waals surface area contributed by atoms with Crippen LogP contribution in [0.5, 0.6) is 0 Å². The molecule has 0 saturated carbocycles. The van der Waals surface area contributed by atoms with E-state index >= 15 is 0 Å². The highest BCUT2D eigenvalue weighted by atomic mass is 16.6. The van der Waals surface area contributed by atoms with E-state index in [1.165, 1.54) is 6.07 Å². The molecule has 1 heterocycles. The van der Waals surface area contributed by atoms with Crippen LogP contribution < -0.4 is 0 Å². The lowest BCUT2D eigenvalue weighted by molar-refractivity contribution is -0.385. The highest BCUT2D eigenvalue weighted by Gasteiger charge is 2.12. The van der Waals surface area contributed by atoms with Crippen molar-refractivity contribution in [3.05, 3.63) is 33.6 Å². The van der Waals surface area contributed by atoms with E-state index in [0.29, 0.717) is 0 Å². The van der Waals surface area contributed by atoms with E-state index in [1.807, 2.05) is 0 Å². The fraction of sp³-hybridized carbons (Fsp3) is 0.222. The van der Waals surface area contributed by atoms with Crippen molar-refractivity contribution in [3.8, 4) is 11.8 Å². The van der Waals surface area contributed by atoms with Crippen LogP contribution in [-0.4, -0.2) is 9.91 Å². The Morgan fingerprint density at radius 2 is 2.31 bits per heavy atom. The highest BCUT2D eigenvalue weighted by Crippen LogP contribution is 2.15. The zero-order chi connectivity index (χ0) is 9.84. The first-order chi connectivity index (χ1) is 6.15. The molecule has 0 aromatic carbocycles. The SMILES string of the molecule is CC#Cc1ncc(C)cc1[N+](=O)[O-]. The van der Waals surface area contributed by atoms with Gasteiger partial charge in [0.2, 0.25) is 0 Å². The van der Waals surface area contributed by atoms with Crippen LogP contribution in [0.25, 0.3) is 0 Å². The molecule has 0 bridgehead atoms. The topological polar surface area (TPSA) is 56.0 Å². The monoisotopic (exact) mass is 176 g/mol. The molecule has 0 saturated heterocycles. The minimum atomic E-state index is -0.473. The van der Waals surface area contributed by atoms with E-state index < -0.39 is 4.92 Å². The summed E-state index contributed by atoms with van der Waals surface area (Å²) in [6, 6.07) is 1.46. The van der Waals surface area contributed by atoms with Crippen molar-refractivity contribution in [1.82, 2.24) is 4.98 Å². The lowest BCUT2D eigenvalue weighted by Crippen LogP contribution is -1.95. The normalized spacial score (nSPS) is 8.77. The number of aromatic nitrogens is 1. The molecule has 0 amide bonds. The molecular formula is C9H8N2O2. The van der Waals surface area contributed by atoms with Gasteiger partial charge in [-0.05, 0) is 25.3 Å². The van der Waals surface area contributed by atoms with E-state index in [4.69, 9.17) is 0 Å². The largest absolute Gasteiger partial charge is 0.303 e. The maximum absolute atomic E-state index is 10.5. The van der Waals surface area contributed by atoms with Gasteiger partial charge in [0.05, 0.1) is 4.92 Å². The third-order valence-corrected chi connectivity index (χ3v) is 1.44. The maximum Gasteiger partial charge on any atom is 0.303 e. The van der Waals surface area contributed by atoms with Crippen molar-refractivity contribution in [2.45, 2.75) is 13.8 Å². The Morgan fingerprint density at radius 3 is 2.85 bits per heavy atom. The average molecular weight is 176 g/mol. The molecule has 0 aliphatic rings. The van der Waals surface area contributed by atoms with Crippen LogP contribution in [0.2, 0.25) is 0 Å². The molecule has 13 heavy (non-hydrogen) atoms. The van der Waals surface area contributed by atoms with Gasteiger partial charge in [-0.15, -0.1) is 0 Å². The van der Waals surface area contributed by atoms with E-state index in [1.54, 1.807) is 20.0 Å². The van der Waals surface area contributed by atoms with Crippen molar-refractivity contribution in [1.29, 1.82) is 0 Å². The number of nitrogens with zero attached hydrogens (tertiary/aromatic N) is 2. The second-order valence-electron chi connectivity index (χ2n) is 2.51. The molecule has 4 nitrogen and oxygen atoms in total. The molecule has 0 fully saturated rings. The minimum Gasteiger partial charge on any atom is -0.258 e. The van der Waals surface area contributed by atoms with Crippen molar-refractivity contribution >= 4 is 5.69 Å². The van der Waals surface area contributed by atoms with Gasteiger partial charge >= 0.3 is 5.69 Å². The van der Waals surface area contributed by atoms with E-state index in [9.17, 15) is 10.1 Å². The Kier molecular flexibility index (Phi) is 2.60. The molecule has 66 valence electrons. The van der Waals surface area contributed by atoms with Crippen molar-refractivity contribution in [2.75, 3.05) is 0 Å². The molecule has 1 aromatic heterocycles. The third kappa shape index (κ3) is 2.03. The van der Waals surface area contributed by atoms with Crippen LogP contribution in [0.15, 0.2) is 12.3 Å². The number of pyridine rings is 1. The summed E-state index contributed by atoms with van der Waals surface area (Å²) in [6.07, 6.45) is 1.56. The molecule has 0 unspecified atom stereocenters. The number of nitro groups is 1. The first-order valence-electron chi connectivity index (χ1n) is 3.69. The second-order valence-corrected chi connectivity index (χ2v) is 2.51. The van der Waals surface area contributed by atoms with Gasteiger partial charge in [0.1, 0.15) is 0 Å². The van der Waals surface area contributed by atoms with Crippen LogP contribution in [0.3, 0.4) is 0 Å². The van der Waals surface area contributed by atoms with Crippen molar-refractivity contribution in [2.24, 2.45) is 0 Å². The van der Waals surface area contributed by atoms with Crippen molar-refractivity contribution < 1.29 is 4.92 Å². The quantitative estimate of drug-likeness (QED) is 0.371.